The van der Waals surface area contributed by atoms with Crippen LogP contribution < -0.4 is 10.2 Å². The number of nitrogens with zero attached hydrogens (tertiary/aromatic N) is 4. The molecule has 6 nitrogen and oxygen atoms in total. The predicted octanol–water partition coefficient (Wildman–Crippen LogP) is 2.92. The van der Waals surface area contributed by atoms with Gasteiger partial charge in [0.2, 0.25) is 0 Å². The van der Waals surface area contributed by atoms with Crippen LogP contribution in [0.3, 0.4) is 0 Å². The van der Waals surface area contributed by atoms with Crippen LogP contribution in [0, 0.1) is 5.92 Å². The van der Waals surface area contributed by atoms with Gasteiger partial charge in [-0.2, -0.15) is 5.10 Å². The third-order valence-corrected chi connectivity index (χ3v) is 5.80. The largest absolute Gasteiger partial charge is 0.357 e. The normalized spacial score (nSPS) is 19.7. The molecule has 0 atom stereocenters. The van der Waals surface area contributed by atoms with E-state index < -0.39 is 0 Å². The Morgan fingerprint density at radius 3 is 2.62 bits per heavy atom. The molecule has 2 aliphatic rings. The molecule has 26 heavy (non-hydrogen) atoms. The second kappa shape index (κ2) is 7.74. The van der Waals surface area contributed by atoms with Gasteiger partial charge in [0.05, 0.1) is 5.39 Å². The van der Waals surface area contributed by atoms with Crippen molar-refractivity contribution in [3.8, 4) is 0 Å². The molecule has 2 saturated heterocycles. The van der Waals surface area contributed by atoms with Crippen LogP contribution >= 0.6 is 0 Å². The molecular weight excluding hydrogens is 326 g/mol. The first-order valence-electron chi connectivity index (χ1n) is 10.0. The Hall–Kier alpha value is -1.95. The molecule has 0 unspecified atom stereocenters. The minimum absolute atomic E-state index is 0.159. The van der Waals surface area contributed by atoms with Crippen molar-refractivity contribution in [2.75, 3.05) is 31.1 Å². The number of carbonyl (C=O) groups excluding carboxylic acids is 1. The molecule has 4 heterocycles. The summed E-state index contributed by atoms with van der Waals surface area (Å²) in [4.78, 5) is 20.1. The van der Waals surface area contributed by atoms with Gasteiger partial charge in [0.15, 0.2) is 11.4 Å². The standard InChI is InChI=1S/C20H29N5O/c1-24-20-16(6-7-18(22-20)25-12-4-2-3-5-13-25)19(23-24)17(26)14-15-8-10-21-11-9-15/h6-7,15,21H,2-5,8-14H2,1H3. The zero-order chi connectivity index (χ0) is 17.9. The lowest BCUT2D eigenvalue weighted by atomic mass is 9.91. The third kappa shape index (κ3) is 3.61. The Bertz CT molecular complexity index is 770. The summed E-state index contributed by atoms with van der Waals surface area (Å²) < 4.78 is 1.77. The van der Waals surface area contributed by atoms with E-state index in [0.717, 1.165) is 55.9 Å². The fourth-order valence-corrected chi connectivity index (χ4v) is 4.25. The SMILES string of the molecule is Cn1nc(C(=O)CC2CCNCC2)c2ccc(N3CCCCCC3)nc21. The summed E-state index contributed by atoms with van der Waals surface area (Å²) in [7, 11) is 1.89. The van der Waals surface area contributed by atoms with Crippen molar-refractivity contribution in [3.05, 3.63) is 17.8 Å². The van der Waals surface area contributed by atoms with Crippen LogP contribution in [0.5, 0.6) is 0 Å². The molecule has 0 aromatic carbocycles. The van der Waals surface area contributed by atoms with Crippen molar-refractivity contribution < 1.29 is 4.79 Å². The Balaban J connectivity index is 1.57. The molecule has 4 rings (SSSR count). The summed E-state index contributed by atoms with van der Waals surface area (Å²) in [5.41, 5.74) is 1.41. The lowest BCUT2D eigenvalue weighted by molar-refractivity contribution is 0.0948. The fourth-order valence-electron chi connectivity index (χ4n) is 4.25. The number of nitrogens with one attached hydrogen (secondary N) is 1. The summed E-state index contributed by atoms with van der Waals surface area (Å²) >= 11 is 0. The number of fused-ring (bicyclic) bond motifs is 1. The third-order valence-electron chi connectivity index (χ3n) is 5.80. The molecule has 2 fully saturated rings. The highest BCUT2D eigenvalue weighted by molar-refractivity contribution is 6.05. The minimum Gasteiger partial charge on any atom is -0.357 e. The number of Topliss-reactive ketones (excluding diaryl/α,β-unsaturated/α-hetero) is 1. The lowest BCUT2D eigenvalue weighted by Gasteiger charge is -2.21. The van der Waals surface area contributed by atoms with Gasteiger partial charge in [-0.05, 0) is 56.8 Å². The zero-order valence-corrected chi connectivity index (χ0v) is 15.7. The Kier molecular flexibility index (Phi) is 5.20. The average Bonchev–Trinajstić information content (AvgIpc) is 2.84. The van der Waals surface area contributed by atoms with E-state index in [2.05, 4.69) is 21.4 Å². The van der Waals surface area contributed by atoms with E-state index in [0.29, 0.717) is 18.0 Å². The number of aromatic nitrogens is 3. The number of ketones is 1. The van der Waals surface area contributed by atoms with Gasteiger partial charge >= 0.3 is 0 Å². The average molecular weight is 355 g/mol. The first-order chi connectivity index (χ1) is 12.7. The van der Waals surface area contributed by atoms with Crippen molar-refractivity contribution in [2.24, 2.45) is 13.0 Å². The smallest absolute Gasteiger partial charge is 0.184 e. The van der Waals surface area contributed by atoms with E-state index in [1.54, 1.807) is 4.68 Å². The first-order valence-corrected chi connectivity index (χ1v) is 10.0. The fraction of sp³-hybridized carbons (Fsp3) is 0.650. The molecule has 0 amide bonds. The predicted molar refractivity (Wildman–Crippen MR) is 104 cm³/mol. The van der Waals surface area contributed by atoms with Gasteiger partial charge in [-0.15, -0.1) is 0 Å². The van der Waals surface area contributed by atoms with E-state index in [9.17, 15) is 4.79 Å². The van der Waals surface area contributed by atoms with E-state index in [-0.39, 0.29) is 5.78 Å². The van der Waals surface area contributed by atoms with E-state index in [1.807, 2.05) is 13.1 Å². The second-order valence-electron chi connectivity index (χ2n) is 7.73. The van der Waals surface area contributed by atoms with Gasteiger partial charge in [0.25, 0.3) is 0 Å². The number of rotatable bonds is 4. The molecule has 0 saturated carbocycles. The molecule has 1 N–H and O–H groups in total. The van der Waals surface area contributed by atoms with Gasteiger partial charge < -0.3 is 10.2 Å². The topological polar surface area (TPSA) is 63.1 Å². The van der Waals surface area contributed by atoms with Crippen LogP contribution in [0.4, 0.5) is 5.82 Å². The Morgan fingerprint density at radius 2 is 1.88 bits per heavy atom. The molecule has 0 radical (unpaired) electrons. The number of anilines is 1. The van der Waals surface area contributed by atoms with Crippen molar-refractivity contribution in [2.45, 2.75) is 44.9 Å². The molecule has 140 valence electrons. The maximum Gasteiger partial charge on any atom is 0.184 e. The molecule has 0 aliphatic carbocycles. The molecule has 2 aliphatic heterocycles. The van der Waals surface area contributed by atoms with E-state index in [4.69, 9.17) is 4.98 Å². The molecule has 0 spiro atoms. The van der Waals surface area contributed by atoms with Crippen LogP contribution in [0.25, 0.3) is 11.0 Å². The molecule has 6 heteroatoms. The van der Waals surface area contributed by atoms with E-state index in [1.165, 1.54) is 25.7 Å². The molecule has 2 aromatic rings. The highest BCUT2D eigenvalue weighted by Gasteiger charge is 2.23. The Labute approximate surface area is 155 Å². The van der Waals surface area contributed by atoms with Crippen LogP contribution in [-0.4, -0.2) is 46.7 Å². The summed E-state index contributed by atoms with van der Waals surface area (Å²) in [6.45, 7) is 4.17. The number of hydrogen-bond acceptors (Lipinski definition) is 5. The maximum atomic E-state index is 12.8. The van der Waals surface area contributed by atoms with Crippen LogP contribution in [-0.2, 0) is 7.05 Å². The Morgan fingerprint density at radius 1 is 1.15 bits per heavy atom. The van der Waals surface area contributed by atoms with Crippen molar-refractivity contribution >= 4 is 22.6 Å². The lowest BCUT2D eigenvalue weighted by Crippen LogP contribution is -2.29. The monoisotopic (exact) mass is 355 g/mol. The summed E-state index contributed by atoms with van der Waals surface area (Å²) in [6, 6.07) is 4.11. The van der Waals surface area contributed by atoms with Gasteiger partial charge in [0.1, 0.15) is 11.5 Å². The van der Waals surface area contributed by atoms with Gasteiger partial charge in [0, 0.05) is 26.6 Å². The minimum atomic E-state index is 0.159. The summed E-state index contributed by atoms with van der Waals surface area (Å²) in [6.07, 6.45) is 7.82. The molecular formula is C20H29N5O. The zero-order valence-electron chi connectivity index (χ0n) is 15.7. The van der Waals surface area contributed by atoms with Crippen molar-refractivity contribution in [3.63, 3.8) is 0 Å². The number of hydrogen-bond donors (Lipinski definition) is 1. The highest BCUT2D eigenvalue weighted by atomic mass is 16.1. The number of piperidine rings is 1. The van der Waals surface area contributed by atoms with Crippen molar-refractivity contribution in [1.29, 1.82) is 0 Å². The van der Waals surface area contributed by atoms with Gasteiger partial charge in [-0.25, -0.2) is 9.67 Å². The van der Waals surface area contributed by atoms with Crippen LogP contribution in [0.2, 0.25) is 0 Å². The van der Waals surface area contributed by atoms with Crippen LogP contribution in [0.15, 0.2) is 12.1 Å². The number of pyridine rings is 1. The maximum absolute atomic E-state index is 12.8. The first kappa shape index (κ1) is 17.5. The van der Waals surface area contributed by atoms with E-state index >= 15 is 0 Å². The van der Waals surface area contributed by atoms with Gasteiger partial charge in [-0.3, -0.25) is 4.79 Å². The summed E-state index contributed by atoms with van der Waals surface area (Å²) in [5.74, 6) is 1.65. The number of carbonyl (C=O) groups is 1. The molecule has 0 bridgehead atoms. The van der Waals surface area contributed by atoms with Crippen LogP contribution in [0.1, 0.15) is 55.4 Å². The summed E-state index contributed by atoms with van der Waals surface area (Å²) in [5, 5.41) is 8.78. The quantitative estimate of drug-likeness (QED) is 0.855. The second-order valence-corrected chi connectivity index (χ2v) is 7.73. The van der Waals surface area contributed by atoms with Gasteiger partial charge in [-0.1, -0.05) is 12.8 Å². The number of aryl methyl sites for hydroxylation is 1. The van der Waals surface area contributed by atoms with Crippen molar-refractivity contribution in [1.82, 2.24) is 20.1 Å². The highest BCUT2D eigenvalue weighted by Crippen LogP contribution is 2.25. The molecule has 2 aromatic heterocycles.